The lowest BCUT2D eigenvalue weighted by Gasteiger charge is -2.34. The largest absolute Gasteiger partial charge is 0.369 e. The van der Waals surface area contributed by atoms with Crippen molar-refractivity contribution in [2.45, 2.75) is 6.92 Å². The van der Waals surface area contributed by atoms with Gasteiger partial charge in [-0.15, -0.1) is 0 Å². The van der Waals surface area contributed by atoms with Crippen molar-refractivity contribution in [3.8, 4) is 11.4 Å². The third-order valence-electron chi connectivity index (χ3n) is 5.53. The van der Waals surface area contributed by atoms with Crippen molar-refractivity contribution in [1.82, 2.24) is 25.1 Å². The van der Waals surface area contributed by atoms with E-state index in [2.05, 4.69) is 50.6 Å². The topological polar surface area (TPSA) is 73.0 Å². The van der Waals surface area contributed by atoms with Crippen molar-refractivity contribution in [3.63, 3.8) is 0 Å². The summed E-state index contributed by atoms with van der Waals surface area (Å²) in [5.74, 6) is 2.21. The first-order chi connectivity index (χ1) is 14.7. The number of piperazine rings is 1. The second-order valence-electron chi connectivity index (χ2n) is 7.81. The van der Waals surface area contributed by atoms with Crippen molar-refractivity contribution in [1.29, 1.82) is 0 Å². The average molecular weight is 400 g/mol. The molecule has 0 atom stereocenters. The van der Waals surface area contributed by atoms with Crippen LogP contribution in [0.25, 0.3) is 22.3 Å². The maximum Gasteiger partial charge on any atom is 0.162 e. The Bertz CT molecular complexity index is 1160. The molecule has 4 aromatic rings. The minimum atomic E-state index is 0.702. The van der Waals surface area contributed by atoms with Gasteiger partial charge in [0.1, 0.15) is 5.82 Å². The first-order valence-electron chi connectivity index (χ1n) is 10.3. The molecule has 2 aromatic heterocycles. The zero-order chi connectivity index (χ0) is 20.5. The molecule has 152 valence electrons. The summed E-state index contributed by atoms with van der Waals surface area (Å²) in [6.45, 7) is 6.17. The highest BCUT2D eigenvalue weighted by Crippen LogP contribution is 2.30. The van der Waals surface area contributed by atoms with Gasteiger partial charge >= 0.3 is 0 Å². The number of benzene rings is 2. The second-order valence-corrected chi connectivity index (χ2v) is 7.81. The van der Waals surface area contributed by atoms with Gasteiger partial charge in [0.05, 0.1) is 5.52 Å². The van der Waals surface area contributed by atoms with Crippen LogP contribution in [-0.2, 0) is 0 Å². The van der Waals surface area contributed by atoms with Crippen molar-refractivity contribution >= 4 is 28.2 Å². The highest BCUT2D eigenvalue weighted by atomic mass is 15.2. The quantitative estimate of drug-likeness (QED) is 0.543. The molecular formula is C23H25N7. The smallest absolute Gasteiger partial charge is 0.162 e. The molecule has 1 aliphatic heterocycles. The fourth-order valence-corrected chi connectivity index (χ4v) is 3.79. The summed E-state index contributed by atoms with van der Waals surface area (Å²) in [4.78, 5) is 14.5. The number of nitrogens with one attached hydrogen (secondary N) is 2. The number of rotatable bonds is 4. The van der Waals surface area contributed by atoms with E-state index in [1.54, 1.807) is 0 Å². The predicted octanol–water partition coefficient (Wildman–Crippen LogP) is 3.82. The van der Waals surface area contributed by atoms with Crippen LogP contribution in [0, 0.1) is 6.92 Å². The third-order valence-corrected chi connectivity index (χ3v) is 5.53. The fourth-order valence-electron chi connectivity index (χ4n) is 3.79. The minimum absolute atomic E-state index is 0.702. The number of aryl methyl sites for hydroxylation is 1. The van der Waals surface area contributed by atoms with E-state index >= 15 is 0 Å². The zero-order valence-electron chi connectivity index (χ0n) is 17.3. The number of likely N-dealkylation sites (N-methyl/N-ethyl adjacent to an activating group) is 1. The highest BCUT2D eigenvalue weighted by Gasteiger charge is 2.17. The third kappa shape index (κ3) is 3.71. The van der Waals surface area contributed by atoms with E-state index in [4.69, 9.17) is 9.97 Å². The van der Waals surface area contributed by atoms with E-state index in [-0.39, 0.29) is 0 Å². The molecule has 30 heavy (non-hydrogen) atoms. The number of nitrogens with zero attached hydrogens (tertiary/aromatic N) is 5. The Kier molecular flexibility index (Phi) is 4.80. The average Bonchev–Trinajstić information content (AvgIpc) is 3.19. The van der Waals surface area contributed by atoms with E-state index < -0.39 is 0 Å². The van der Waals surface area contributed by atoms with Gasteiger partial charge in [0.2, 0.25) is 0 Å². The van der Waals surface area contributed by atoms with Crippen LogP contribution in [0.15, 0.2) is 54.6 Å². The molecular weight excluding hydrogens is 374 g/mol. The molecule has 0 bridgehead atoms. The Morgan fingerprint density at radius 3 is 2.47 bits per heavy atom. The number of hydrogen-bond donors (Lipinski definition) is 2. The standard InChI is InChI=1S/C23H25N7/c1-16-14-21(28-27-16)25-23-19-9-8-18(30-12-10-29(2)11-13-30)15-20(19)24-22(26-23)17-6-4-3-5-7-17/h3-9,14-15H,10-13H2,1-2H3,(H2,24,25,26,27,28). The summed E-state index contributed by atoms with van der Waals surface area (Å²) in [6.07, 6.45) is 0. The lowest BCUT2D eigenvalue weighted by Crippen LogP contribution is -2.44. The van der Waals surface area contributed by atoms with Crippen LogP contribution < -0.4 is 10.2 Å². The maximum absolute atomic E-state index is 4.91. The van der Waals surface area contributed by atoms with E-state index in [0.29, 0.717) is 5.82 Å². The van der Waals surface area contributed by atoms with Crippen molar-refractivity contribution in [2.24, 2.45) is 0 Å². The number of H-pyrrole nitrogens is 1. The highest BCUT2D eigenvalue weighted by molar-refractivity contribution is 5.94. The van der Waals surface area contributed by atoms with Crippen LogP contribution >= 0.6 is 0 Å². The van der Waals surface area contributed by atoms with Gasteiger partial charge in [-0.3, -0.25) is 5.10 Å². The molecule has 2 aromatic carbocycles. The van der Waals surface area contributed by atoms with Crippen molar-refractivity contribution < 1.29 is 0 Å². The van der Waals surface area contributed by atoms with Gasteiger partial charge < -0.3 is 15.1 Å². The molecule has 0 unspecified atom stereocenters. The van der Waals surface area contributed by atoms with Crippen LogP contribution in [0.4, 0.5) is 17.3 Å². The van der Waals surface area contributed by atoms with Crippen LogP contribution in [0.3, 0.4) is 0 Å². The fraction of sp³-hybridized carbons (Fsp3) is 0.261. The Morgan fingerprint density at radius 2 is 1.73 bits per heavy atom. The molecule has 0 radical (unpaired) electrons. The monoisotopic (exact) mass is 399 g/mol. The Morgan fingerprint density at radius 1 is 0.933 bits per heavy atom. The van der Waals surface area contributed by atoms with Gasteiger partial charge in [-0.05, 0) is 32.2 Å². The van der Waals surface area contributed by atoms with Crippen LogP contribution in [-0.4, -0.2) is 58.3 Å². The van der Waals surface area contributed by atoms with Gasteiger partial charge in [-0.1, -0.05) is 30.3 Å². The molecule has 5 rings (SSSR count). The molecule has 0 saturated carbocycles. The summed E-state index contributed by atoms with van der Waals surface area (Å²) < 4.78 is 0. The number of aromatic nitrogens is 4. The van der Waals surface area contributed by atoms with Crippen molar-refractivity contribution in [3.05, 3.63) is 60.3 Å². The van der Waals surface area contributed by atoms with E-state index in [9.17, 15) is 0 Å². The molecule has 1 saturated heterocycles. The van der Waals surface area contributed by atoms with E-state index in [1.807, 2.05) is 43.3 Å². The van der Waals surface area contributed by atoms with Gasteiger partial charge in [-0.2, -0.15) is 5.10 Å². The molecule has 1 fully saturated rings. The number of fused-ring (bicyclic) bond motifs is 1. The second kappa shape index (κ2) is 7.76. The van der Waals surface area contributed by atoms with Crippen molar-refractivity contribution in [2.75, 3.05) is 43.4 Å². The lowest BCUT2D eigenvalue weighted by molar-refractivity contribution is 0.313. The summed E-state index contributed by atoms with van der Waals surface area (Å²) in [5, 5.41) is 11.6. The SMILES string of the molecule is Cc1cc(Nc2nc(-c3ccccc3)nc3cc(N4CCN(C)CC4)ccc23)n[nH]1. The lowest BCUT2D eigenvalue weighted by atomic mass is 10.1. The molecule has 7 heteroatoms. The normalized spacial score (nSPS) is 14.9. The summed E-state index contributed by atoms with van der Waals surface area (Å²) in [5.41, 5.74) is 4.12. The Labute approximate surface area is 175 Å². The molecule has 0 amide bonds. The summed E-state index contributed by atoms with van der Waals surface area (Å²) >= 11 is 0. The van der Waals surface area contributed by atoms with Gasteiger partial charge in [0.25, 0.3) is 0 Å². The first-order valence-corrected chi connectivity index (χ1v) is 10.3. The van der Waals surface area contributed by atoms with Gasteiger partial charge in [0, 0.05) is 54.6 Å². The minimum Gasteiger partial charge on any atom is -0.369 e. The van der Waals surface area contributed by atoms with Gasteiger partial charge in [-0.25, -0.2) is 9.97 Å². The predicted molar refractivity (Wildman–Crippen MR) is 121 cm³/mol. The maximum atomic E-state index is 4.91. The van der Waals surface area contributed by atoms with E-state index in [1.165, 1.54) is 5.69 Å². The zero-order valence-corrected chi connectivity index (χ0v) is 17.3. The van der Waals surface area contributed by atoms with Crippen LogP contribution in [0.5, 0.6) is 0 Å². The first kappa shape index (κ1) is 18.6. The molecule has 1 aliphatic rings. The molecule has 2 N–H and O–H groups in total. The van der Waals surface area contributed by atoms with Crippen LogP contribution in [0.1, 0.15) is 5.69 Å². The van der Waals surface area contributed by atoms with Gasteiger partial charge in [0.15, 0.2) is 11.6 Å². The molecule has 0 aliphatic carbocycles. The Hall–Kier alpha value is -3.45. The van der Waals surface area contributed by atoms with E-state index in [0.717, 1.165) is 60.0 Å². The number of hydrogen-bond acceptors (Lipinski definition) is 6. The number of anilines is 3. The molecule has 0 spiro atoms. The molecule has 7 nitrogen and oxygen atoms in total. The Balaban J connectivity index is 1.59. The van der Waals surface area contributed by atoms with Crippen LogP contribution in [0.2, 0.25) is 0 Å². The number of aromatic amines is 1. The summed E-state index contributed by atoms with van der Waals surface area (Å²) in [7, 11) is 2.17. The molecule has 3 heterocycles. The summed E-state index contributed by atoms with van der Waals surface area (Å²) in [6, 6.07) is 18.5.